The van der Waals surface area contributed by atoms with E-state index in [1.165, 1.54) is 19.1 Å². The Bertz CT molecular complexity index is 2200. The first-order valence-corrected chi connectivity index (χ1v) is 21.8. The van der Waals surface area contributed by atoms with Crippen molar-refractivity contribution in [2.24, 2.45) is 22.7 Å². The minimum atomic E-state index is -2.27. The van der Waals surface area contributed by atoms with Crippen LogP contribution in [0, 0.1) is 22.7 Å². The number of aliphatic hydroxyl groups excluding tert-OH is 1. The molecule has 3 saturated carbocycles. The van der Waals surface area contributed by atoms with E-state index in [0.29, 0.717) is 12.0 Å². The van der Waals surface area contributed by atoms with Crippen LogP contribution in [0.25, 0.3) is 0 Å². The minimum Gasteiger partial charge on any atom is -0.455 e. The summed E-state index contributed by atoms with van der Waals surface area (Å²) in [7, 11) is 0. The van der Waals surface area contributed by atoms with Gasteiger partial charge in [0.05, 0.1) is 29.7 Å². The Hall–Kier alpha value is -5.00. The van der Waals surface area contributed by atoms with Gasteiger partial charge >= 0.3 is 29.8 Å². The molecule has 4 aliphatic carbocycles. The molecule has 1 aliphatic heterocycles. The monoisotopic (exact) mass is 889 g/mol. The predicted molar refractivity (Wildman–Crippen MR) is 224 cm³/mol. The van der Waals surface area contributed by atoms with Gasteiger partial charge in [-0.2, -0.15) is 0 Å². The fraction of sp³-hybridized carbons (Fsp3) is 0.583. The highest BCUT2D eigenvalue weighted by Gasteiger charge is 2.84. The van der Waals surface area contributed by atoms with Crippen LogP contribution < -0.4 is 5.32 Å². The predicted octanol–water partition coefficient (Wildman–Crippen LogP) is 4.59. The zero-order valence-electron chi connectivity index (χ0n) is 37.7. The van der Waals surface area contributed by atoms with E-state index in [-0.39, 0.29) is 42.1 Å². The van der Waals surface area contributed by atoms with Crippen LogP contribution in [0.3, 0.4) is 0 Å². The molecular weight excluding hydrogens is 831 g/mol. The molecule has 0 unspecified atom stereocenters. The SMILES string of the molecule is CCC(=O)O[C@@H](C(=O)O[C@H]1C[C@@]2(O)[C@@H](OC(=O)c3ccccc3)[C@@H]3[C@]4(OC(C)=O)CO[C@@H]4C[C@@H]4C[C@@]43C(=O)[C@H](OC(C)=O)C(=C1C)C2(C)C)[C@@H](N[C@@H](O)OC(C)(C)C)c1ccccc1. The molecule has 4 fully saturated rings. The number of nitrogens with one attached hydrogen (secondary N) is 1. The molecule has 0 amide bonds. The molecule has 16 nitrogen and oxygen atoms in total. The van der Waals surface area contributed by atoms with Crippen LogP contribution in [0.1, 0.15) is 110 Å². The third-order valence-corrected chi connectivity index (χ3v) is 13.8. The Kier molecular flexibility index (Phi) is 12.5. The maximum absolute atomic E-state index is 15.6. The number of carbonyl (C=O) groups is 6. The Morgan fingerprint density at radius 3 is 2.12 bits per heavy atom. The molecule has 1 saturated heterocycles. The van der Waals surface area contributed by atoms with E-state index in [4.69, 9.17) is 33.2 Å². The largest absolute Gasteiger partial charge is 0.455 e. The van der Waals surface area contributed by atoms with E-state index >= 15 is 4.79 Å². The van der Waals surface area contributed by atoms with Gasteiger partial charge in [-0.3, -0.25) is 24.5 Å². The lowest BCUT2D eigenvalue weighted by Gasteiger charge is -2.64. The van der Waals surface area contributed by atoms with Crippen LogP contribution >= 0.6 is 0 Å². The summed E-state index contributed by atoms with van der Waals surface area (Å²) in [6.45, 7) is 13.8. The second-order valence-electron chi connectivity index (χ2n) is 19.2. The summed E-state index contributed by atoms with van der Waals surface area (Å²) >= 11 is 0. The van der Waals surface area contributed by atoms with Gasteiger partial charge in [-0.15, -0.1) is 0 Å². The third kappa shape index (κ3) is 8.16. The van der Waals surface area contributed by atoms with E-state index in [2.05, 4.69) is 5.32 Å². The molecule has 1 spiro atoms. The van der Waals surface area contributed by atoms with Crippen LogP contribution in [0.4, 0.5) is 0 Å². The number of fused-ring (bicyclic) bond motifs is 4. The molecule has 2 aromatic rings. The summed E-state index contributed by atoms with van der Waals surface area (Å²) in [5, 5.41) is 27.8. The number of rotatable bonds is 13. The van der Waals surface area contributed by atoms with Crippen molar-refractivity contribution in [2.75, 3.05) is 6.61 Å². The van der Waals surface area contributed by atoms with Crippen molar-refractivity contribution in [1.29, 1.82) is 0 Å². The summed E-state index contributed by atoms with van der Waals surface area (Å²) in [6, 6.07) is 15.3. The standard InChI is InChI=1S/C48H59NO15/c1-10-33(52)61-37(35(28-17-13-11-14-18-28)49-43(56)64-44(5,6)7)42(55)60-31-23-48(57)40(62-41(54)29-19-15-12-16-20-29)38-46(22-30(46)21-32-47(38,24-58-32)63-27(4)51)39(53)36(59-26(3)50)34(25(31)2)45(48,8)9/h11-20,30-32,35-38,40,43,49,56-57H,10,21-24H2,1-9H3/t30-,31+,32-,35+,36-,37-,38+,40+,43+,46-,47+,48-/m1/s1. The maximum Gasteiger partial charge on any atom is 0.350 e. The quantitative estimate of drug-likeness (QED) is 0.108. The van der Waals surface area contributed by atoms with Crippen molar-refractivity contribution in [3.05, 3.63) is 82.9 Å². The number of hydrogen-bond acceptors (Lipinski definition) is 16. The van der Waals surface area contributed by atoms with Gasteiger partial charge in [0.25, 0.3) is 0 Å². The number of hydrogen-bond donors (Lipinski definition) is 3. The molecule has 0 aromatic heterocycles. The van der Waals surface area contributed by atoms with Crippen molar-refractivity contribution in [1.82, 2.24) is 5.32 Å². The Morgan fingerprint density at radius 1 is 0.922 bits per heavy atom. The number of esters is 5. The zero-order valence-corrected chi connectivity index (χ0v) is 37.7. The normalized spacial score (nSPS) is 32.6. The summed E-state index contributed by atoms with van der Waals surface area (Å²) in [6.07, 6.45) is -8.90. The van der Waals surface area contributed by atoms with Gasteiger partial charge in [0.2, 0.25) is 12.5 Å². The maximum atomic E-state index is 15.6. The van der Waals surface area contributed by atoms with E-state index in [1.54, 1.807) is 97.0 Å². The second kappa shape index (κ2) is 17.1. The van der Waals surface area contributed by atoms with Crippen molar-refractivity contribution in [2.45, 2.75) is 148 Å². The van der Waals surface area contributed by atoms with Gasteiger partial charge in [0.1, 0.15) is 23.9 Å². The van der Waals surface area contributed by atoms with Gasteiger partial charge in [0.15, 0.2) is 17.5 Å². The average Bonchev–Trinajstić information content (AvgIpc) is 3.95. The minimum absolute atomic E-state index is 0.126. The van der Waals surface area contributed by atoms with Crippen LogP contribution in [0.15, 0.2) is 71.8 Å². The highest BCUT2D eigenvalue weighted by molar-refractivity contribution is 5.97. The lowest BCUT2D eigenvalue weighted by atomic mass is 9.48. The number of benzene rings is 2. The van der Waals surface area contributed by atoms with Crippen molar-refractivity contribution < 1.29 is 72.1 Å². The average molecular weight is 890 g/mol. The van der Waals surface area contributed by atoms with E-state index < -0.39 is 119 Å². The number of aliphatic hydroxyl groups is 2. The molecule has 3 N–H and O–H groups in total. The Balaban J connectivity index is 1.40. The third-order valence-electron chi connectivity index (χ3n) is 13.8. The lowest BCUT2D eigenvalue weighted by molar-refractivity contribution is -0.323. The Labute approximate surface area is 372 Å². The van der Waals surface area contributed by atoms with E-state index in [9.17, 15) is 34.2 Å². The molecule has 64 heavy (non-hydrogen) atoms. The number of carbonyl (C=O) groups excluding carboxylic acids is 6. The number of ketones is 1. The fourth-order valence-electron chi connectivity index (χ4n) is 10.9. The molecule has 2 aromatic carbocycles. The Morgan fingerprint density at radius 2 is 1.56 bits per heavy atom. The van der Waals surface area contributed by atoms with Crippen molar-refractivity contribution in [3.8, 4) is 0 Å². The smallest absolute Gasteiger partial charge is 0.350 e. The number of ether oxygens (including phenoxy) is 7. The summed E-state index contributed by atoms with van der Waals surface area (Å²) < 4.78 is 42.6. The zero-order chi connectivity index (χ0) is 46.7. The molecule has 2 bridgehead atoms. The topological polar surface area (TPSA) is 220 Å². The van der Waals surface area contributed by atoms with Crippen LogP contribution in [0.2, 0.25) is 0 Å². The highest BCUT2D eigenvalue weighted by Crippen LogP contribution is 2.74. The summed E-state index contributed by atoms with van der Waals surface area (Å²) in [4.78, 5) is 84.1. The van der Waals surface area contributed by atoms with Gasteiger partial charge in [-0.25, -0.2) is 9.59 Å². The van der Waals surface area contributed by atoms with Crippen LogP contribution in [-0.2, 0) is 57.1 Å². The number of Topliss-reactive ketones (excluding diaryl/α,β-unsaturated/α-hetero) is 1. The van der Waals surface area contributed by atoms with Crippen molar-refractivity contribution >= 4 is 35.6 Å². The molecule has 7 rings (SSSR count). The molecule has 5 aliphatic rings. The van der Waals surface area contributed by atoms with Gasteiger partial charge in [-0.05, 0) is 75.3 Å². The van der Waals surface area contributed by atoms with Gasteiger partial charge in [-0.1, -0.05) is 69.3 Å². The molecule has 0 radical (unpaired) electrons. The fourth-order valence-corrected chi connectivity index (χ4v) is 10.9. The molecule has 1 heterocycles. The first kappa shape index (κ1) is 47.0. The van der Waals surface area contributed by atoms with Crippen molar-refractivity contribution in [3.63, 3.8) is 0 Å². The summed E-state index contributed by atoms with van der Waals surface area (Å²) in [5.74, 6) is -6.37. The second-order valence-corrected chi connectivity index (χ2v) is 19.2. The molecule has 16 heteroatoms. The molecular formula is C48H59NO15. The lowest BCUT2D eigenvalue weighted by Crippen LogP contribution is -2.78. The molecule has 346 valence electrons. The van der Waals surface area contributed by atoms with E-state index in [1.807, 2.05) is 0 Å². The first-order chi connectivity index (χ1) is 30.0. The first-order valence-electron chi connectivity index (χ1n) is 21.8. The van der Waals surface area contributed by atoms with E-state index in [0.717, 1.165) is 6.92 Å². The van der Waals surface area contributed by atoms with Gasteiger partial charge < -0.3 is 43.4 Å². The van der Waals surface area contributed by atoms with Crippen LogP contribution in [-0.4, -0.2) is 106 Å². The van der Waals surface area contributed by atoms with Gasteiger partial charge in [0, 0.05) is 37.5 Å². The molecule has 12 atom stereocenters. The highest BCUT2D eigenvalue weighted by atomic mass is 16.6. The summed E-state index contributed by atoms with van der Waals surface area (Å²) in [5.41, 5.74) is -6.74. The van der Waals surface area contributed by atoms with Crippen LogP contribution in [0.5, 0.6) is 0 Å².